The molecule has 190 valence electrons. The summed E-state index contributed by atoms with van der Waals surface area (Å²) in [6.07, 6.45) is 0. The van der Waals surface area contributed by atoms with Gasteiger partial charge in [0.1, 0.15) is 7.05 Å². The normalized spacial score (nSPS) is 12.2. The average molecular weight is 506 g/mol. The van der Waals surface area contributed by atoms with E-state index in [9.17, 15) is 0 Å². The molecule has 2 aromatic heterocycles. The van der Waals surface area contributed by atoms with E-state index < -0.39 is 0 Å². The van der Waals surface area contributed by atoms with Crippen molar-refractivity contribution in [2.24, 2.45) is 7.05 Å². The number of hydrogen-bond donors (Lipinski definition) is 0. The Morgan fingerprint density at radius 1 is 0.615 bits per heavy atom. The third-order valence-electron chi connectivity index (χ3n) is 8.39. The van der Waals surface area contributed by atoms with Crippen LogP contribution in [0.4, 0.5) is 0 Å². The summed E-state index contributed by atoms with van der Waals surface area (Å²) in [6.45, 7) is 9.20. The fourth-order valence-electron chi connectivity index (χ4n) is 6.39. The molecule has 2 heteroatoms. The minimum absolute atomic E-state index is 0.0428. The molecule has 0 atom stereocenters. The summed E-state index contributed by atoms with van der Waals surface area (Å²) in [7, 11) is 2.21. The number of fused-ring (bicyclic) bond motifs is 5. The lowest BCUT2D eigenvalue weighted by Gasteiger charge is -2.24. The third kappa shape index (κ3) is 3.59. The van der Waals surface area contributed by atoms with E-state index in [-0.39, 0.29) is 5.41 Å². The highest BCUT2D eigenvalue weighted by molar-refractivity contribution is 6.09. The van der Waals surface area contributed by atoms with Crippen molar-refractivity contribution in [2.75, 3.05) is 0 Å². The topological polar surface area (TPSA) is 8.81 Å². The molecule has 0 spiro atoms. The second-order valence-electron chi connectivity index (χ2n) is 11.8. The van der Waals surface area contributed by atoms with Crippen LogP contribution < -0.4 is 4.57 Å². The Kier molecular flexibility index (Phi) is 5.18. The van der Waals surface area contributed by atoms with E-state index in [1.165, 1.54) is 71.6 Å². The van der Waals surface area contributed by atoms with Crippen molar-refractivity contribution in [1.29, 1.82) is 0 Å². The molecule has 7 aromatic rings. The van der Waals surface area contributed by atoms with Gasteiger partial charge < -0.3 is 4.57 Å². The molecule has 2 heterocycles. The van der Waals surface area contributed by atoms with Gasteiger partial charge in [0.2, 0.25) is 11.2 Å². The number of nitrogens with zero attached hydrogens (tertiary/aromatic N) is 2. The van der Waals surface area contributed by atoms with Crippen LogP contribution in [0, 0.1) is 6.92 Å². The first kappa shape index (κ1) is 23.7. The summed E-state index contributed by atoms with van der Waals surface area (Å²) in [6, 6.07) is 40.1. The predicted octanol–water partition coefficient (Wildman–Crippen LogP) is 9.19. The molecule has 0 N–H and O–H groups in total. The van der Waals surface area contributed by atoms with Crippen LogP contribution >= 0.6 is 0 Å². The quantitative estimate of drug-likeness (QED) is 0.207. The maximum absolute atomic E-state index is 2.43. The zero-order valence-corrected chi connectivity index (χ0v) is 23.3. The van der Waals surface area contributed by atoms with Gasteiger partial charge in [-0.05, 0) is 70.6 Å². The van der Waals surface area contributed by atoms with Crippen LogP contribution in [0.5, 0.6) is 0 Å². The van der Waals surface area contributed by atoms with Crippen molar-refractivity contribution in [2.45, 2.75) is 33.1 Å². The highest BCUT2D eigenvalue weighted by atomic mass is 15.0. The molecular weight excluding hydrogens is 472 g/mol. The van der Waals surface area contributed by atoms with Crippen molar-refractivity contribution < 1.29 is 4.57 Å². The minimum Gasteiger partial charge on any atom is -0.309 e. The first-order valence-electron chi connectivity index (χ1n) is 13.8. The number of rotatable bonds is 2. The van der Waals surface area contributed by atoms with E-state index in [2.05, 4.69) is 153 Å². The molecule has 0 unspecified atom stereocenters. The van der Waals surface area contributed by atoms with Gasteiger partial charge in [-0.2, -0.15) is 4.57 Å². The number of hydrogen-bond acceptors (Lipinski definition) is 0. The van der Waals surface area contributed by atoms with E-state index in [0.717, 1.165) is 0 Å². The fourth-order valence-corrected chi connectivity index (χ4v) is 6.39. The summed E-state index contributed by atoms with van der Waals surface area (Å²) in [5.74, 6) is 0. The summed E-state index contributed by atoms with van der Waals surface area (Å²) >= 11 is 0. The van der Waals surface area contributed by atoms with Gasteiger partial charge in [-0.15, -0.1) is 0 Å². The zero-order chi connectivity index (χ0) is 26.9. The average Bonchev–Trinajstić information content (AvgIpc) is 3.28. The molecule has 39 heavy (non-hydrogen) atoms. The van der Waals surface area contributed by atoms with E-state index in [0.29, 0.717) is 0 Å². The van der Waals surface area contributed by atoms with Gasteiger partial charge in [0.05, 0.1) is 16.7 Å². The van der Waals surface area contributed by atoms with Crippen LogP contribution in [-0.2, 0) is 12.5 Å². The minimum atomic E-state index is 0.0428. The molecule has 0 radical (unpaired) electrons. The van der Waals surface area contributed by atoms with Crippen LogP contribution in [0.2, 0.25) is 0 Å². The highest BCUT2D eigenvalue weighted by Gasteiger charge is 2.24. The SMILES string of the molecule is Cc1c(-c2ccc3ccc(-n4c5ccccc5c5ccccc54)cc3[n+]2C)cc(C(C)(C)C)c2ccccc12. The monoisotopic (exact) mass is 505 g/mol. The van der Waals surface area contributed by atoms with Crippen molar-refractivity contribution in [3.8, 4) is 16.9 Å². The van der Waals surface area contributed by atoms with E-state index in [1.807, 2.05) is 0 Å². The molecule has 0 aliphatic rings. The lowest BCUT2D eigenvalue weighted by atomic mass is 9.80. The van der Waals surface area contributed by atoms with Crippen molar-refractivity contribution >= 4 is 43.5 Å². The van der Waals surface area contributed by atoms with Crippen LogP contribution in [0.3, 0.4) is 0 Å². The number of aryl methyl sites for hydroxylation is 2. The van der Waals surface area contributed by atoms with Gasteiger partial charge in [-0.1, -0.05) is 81.4 Å². The van der Waals surface area contributed by atoms with Crippen LogP contribution in [-0.4, -0.2) is 4.57 Å². The molecule has 2 nitrogen and oxygen atoms in total. The molecule has 0 aliphatic heterocycles. The Morgan fingerprint density at radius 3 is 1.82 bits per heavy atom. The zero-order valence-electron chi connectivity index (χ0n) is 23.3. The maximum Gasteiger partial charge on any atom is 0.214 e. The number of para-hydroxylation sites is 2. The molecule has 0 bridgehead atoms. The number of pyridine rings is 1. The molecule has 0 amide bonds. The standard InChI is InChI=1S/C37H33N2/c1-24-27-12-6-7-13-28(27)32(37(2,3)4)23-31(24)33-21-19-25-18-20-26(22-36(25)38(33)5)39-34-16-10-8-14-29(34)30-15-9-11-17-35(30)39/h6-23H,1-5H3/q+1. The largest absolute Gasteiger partial charge is 0.309 e. The lowest BCUT2D eigenvalue weighted by molar-refractivity contribution is -0.633. The lowest BCUT2D eigenvalue weighted by Crippen LogP contribution is -2.32. The van der Waals surface area contributed by atoms with Crippen molar-refractivity contribution in [3.63, 3.8) is 0 Å². The van der Waals surface area contributed by atoms with E-state index in [1.54, 1.807) is 0 Å². The molecule has 7 rings (SSSR count). The molecular formula is C37H33N2+. The third-order valence-corrected chi connectivity index (χ3v) is 8.39. The first-order valence-corrected chi connectivity index (χ1v) is 13.8. The van der Waals surface area contributed by atoms with Gasteiger partial charge in [0, 0.05) is 33.9 Å². The molecule has 5 aromatic carbocycles. The molecule has 0 saturated carbocycles. The summed E-state index contributed by atoms with van der Waals surface area (Å²) < 4.78 is 4.77. The van der Waals surface area contributed by atoms with E-state index >= 15 is 0 Å². The van der Waals surface area contributed by atoms with Gasteiger partial charge in [0.15, 0.2) is 0 Å². The second-order valence-corrected chi connectivity index (χ2v) is 11.8. The van der Waals surface area contributed by atoms with Crippen LogP contribution in [0.25, 0.3) is 60.4 Å². The van der Waals surface area contributed by atoms with Gasteiger partial charge in [-0.25, -0.2) is 0 Å². The summed E-state index contributed by atoms with van der Waals surface area (Å²) in [5.41, 5.74) is 10.1. The molecule has 0 fully saturated rings. The Morgan fingerprint density at radius 2 is 1.18 bits per heavy atom. The number of aromatic nitrogens is 2. The Balaban J connectivity index is 1.50. The summed E-state index contributed by atoms with van der Waals surface area (Å²) in [4.78, 5) is 0. The van der Waals surface area contributed by atoms with Crippen molar-refractivity contribution in [1.82, 2.24) is 4.57 Å². The molecule has 0 aliphatic carbocycles. The fraction of sp³-hybridized carbons (Fsp3) is 0.162. The second kappa shape index (κ2) is 8.54. The molecule has 0 saturated heterocycles. The van der Waals surface area contributed by atoms with Crippen LogP contribution in [0.1, 0.15) is 31.9 Å². The van der Waals surface area contributed by atoms with Gasteiger partial charge >= 0.3 is 0 Å². The number of benzene rings is 5. The highest BCUT2D eigenvalue weighted by Crippen LogP contribution is 2.38. The predicted molar refractivity (Wildman–Crippen MR) is 166 cm³/mol. The van der Waals surface area contributed by atoms with E-state index in [4.69, 9.17) is 0 Å². The maximum atomic E-state index is 2.43. The van der Waals surface area contributed by atoms with Crippen molar-refractivity contribution in [3.05, 3.63) is 120 Å². The Labute approximate surface area is 229 Å². The van der Waals surface area contributed by atoms with Crippen LogP contribution in [0.15, 0.2) is 109 Å². The Hall–Kier alpha value is -4.43. The van der Waals surface area contributed by atoms with Gasteiger partial charge in [0.25, 0.3) is 0 Å². The summed E-state index contributed by atoms with van der Waals surface area (Å²) in [5, 5.41) is 6.49. The smallest absolute Gasteiger partial charge is 0.214 e. The Bertz CT molecular complexity index is 2020. The first-order chi connectivity index (χ1) is 18.8. The van der Waals surface area contributed by atoms with Gasteiger partial charge in [-0.3, -0.25) is 0 Å².